The van der Waals surface area contributed by atoms with Crippen molar-refractivity contribution in [3.63, 3.8) is 0 Å². The molecule has 0 aliphatic heterocycles. The van der Waals surface area contributed by atoms with Gasteiger partial charge in [-0.2, -0.15) is 0 Å². The fourth-order valence-corrected chi connectivity index (χ4v) is 3.55. The molecule has 0 aliphatic carbocycles. The van der Waals surface area contributed by atoms with Crippen molar-refractivity contribution >= 4 is 31.9 Å². The highest BCUT2D eigenvalue weighted by molar-refractivity contribution is 9.11. The summed E-state index contributed by atoms with van der Waals surface area (Å²) in [4.78, 5) is 0. The Labute approximate surface area is 141 Å². The van der Waals surface area contributed by atoms with E-state index in [4.69, 9.17) is 9.47 Å². The summed E-state index contributed by atoms with van der Waals surface area (Å²) in [6.07, 6.45) is -0.779. The molecular formula is C16H16Br2O3. The number of aliphatic hydroxyl groups excluding tert-OH is 1. The van der Waals surface area contributed by atoms with Gasteiger partial charge in [-0.25, -0.2) is 0 Å². The molecule has 0 spiro atoms. The van der Waals surface area contributed by atoms with Crippen molar-refractivity contribution in [2.45, 2.75) is 13.0 Å². The van der Waals surface area contributed by atoms with Crippen LogP contribution in [0.1, 0.15) is 22.8 Å². The van der Waals surface area contributed by atoms with E-state index in [9.17, 15) is 5.11 Å². The Morgan fingerprint density at radius 1 is 1.05 bits per heavy atom. The molecule has 1 atom stereocenters. The average Bonchev–Trinajstić information content (AvgIpc) is 2.45. The average molecular weight is 416 g/mol. The monoisotopic (exact) mass is 414 g/mol. The molecule has 0 aromatic heterocycles. The van der Waals surface area contributed by atoms with Gasteiger partial charge in [-0.1, -0.05) is 22.0 Å². The highest BCUT2D eigenvalue weighted by Gasteiger charge is 2.20. The van der Waals surface area contributed by atoms with Gasteiger partial charge in [0.15, 0.2) is 0 Å². The van der Waals surface area contributed by atoms with Crippen molar-refractivity contribution in [3.8, 4) is 11.5 Å². The van der Waals surface area contributed by atoms with Gasteiger partial charge < -0.3 is 14.6 Å². The zero-order valence-corrected chi connectivity index (χ0v) is 15.2. The molecule has 0 saturated carbocycles. The second-order valence-electron chi connectivity index (χ2n) is 4.67. The van der Waals surface area contributed by atoms with Gasteiger partial charge in [0.05, 0.1) is 14.2 Å². The van der Waals surface area contributed by atoms with Crippen molar-refractivity contribution in [1.82, 2.24) is 0 Å². The molecule has 0 amide bonds. The Morgan fingerprint density at radius 2 is 1.76 bits per heavy atom. The molecule has 2 rings (SSSR count). The number of ether oxygens (including phenoxy) is 2. The molecule has 2 aromatic carbocycles. The van der Waals surface area contributed by atoms with Gasteiger partial charge in [-0.15, -0.1) is 0 Å². The lowest BCUT2D eigenvalue weighted by Crippen LogP contribution is -2.04. The number of aryl methyl sites for hydroxylation is 1. The zero-order chi connectivity index (χ0) is 15.6. The van der Waals surface area contributed by atoms with Gasteiger partial charge in [0.25, 0.3) is 0 Å². The Bertz CT molecular complexity index is 636. The fraction of sp³-hybridized carbons (Fsp3) is 0.250. The molecule has 0 aliphatic rings. The standard InChI is InChI=1S/C16H16Br2O3/c1-9-6-10(8-11(17)7-9)15(19)12-4-5-13(20-2)14(18)16(12)21-3/h4-8,15,19H,1-3H3. The van der Waals surface area contributed by atoms with E-state index in [2.05, 4.69) is 31.9 Å². The Hall–Kier alpha value is -1.04. The third kappa shape index (κ3) is 3.42. The van der Waals surface area contributed by atoms with Crippen LogP contribution in [0.5, 0.6) is 11.5 Å². The molecule has 2 aromatic rings. The van der Waals surface area contributed by atoms with Gasteiger partial charge in [0.2, 0.25) is 0 Å². The first-order valence-electron chi connectivity index (χ1n) is 6.33. The number of hydrogen-bond acceptors (Lipinski definition) is 3. The normalized spacial score (nSPS) is 12.1. The van der Waals surface area contributed by atoms with E-state index < -0.39 is 6.10 Å². The smallest absolute Gasteiger partial charge is 0.142 e. The minimum absolute atomic E-state index is 0.569. The topological polar surface area (TPSA) is 38.7 Å². The minimum Gasteiger partial charge on any atom is -0.495 e. The molecular weight excluding hydrogens is 400 g/mol. The Morgan fingerprint density at radius 3 is 2.33 bits per heavy atom. The lowest BCUT2D eigenvalue weighted by molar-refractivity contribution is 0.214. The summed E-state index contributed by atoms with van der Waals surface area (Å²) in [6.45, 7) is 1.99. The summed E-state index contributed by atoms with van der Waals surface area (Å²) in [5.41, 5.74) is 2.56. The maximum Gasteiger partial charge on any atom is 0.142 e. The SMILES string of the molecule is COc1ccc(C(O)c2cc(C)cc(Br)c2)c(OC)c1Br. The van der Waals surface area contributed by atoms with E-state index in [0.29, 0.717) is 21.5 Å². The van der Waals surface area contributed by atoms with Crippen LogP contribution in [-0.2, 0) is 0 Å². The van der Waals surface area contributed by atoms with Gasteiger partial charge in [-0.05, 0) is 58.2 Å². The maximum atomic E-state index is 10.7. The maximum absolute atomic E-state index is 10.7. The molecule has 1 unspecified atom stereocenters. The second-order valence-corrected chi connectivity index (χ2v) is 6.38. The fourth-order valence-electron chi connectivity index (χ4n) is 2.24. The number of halogens is 2. The quantitative estimate of drug-likeness (QED) is 0.791. The van der Waals surface area contributed by atoms with Crippen molar-refractivity contribution in [3.05, 3.63) is 56.0 Å². The zero-order valence-electron chi connectivity index (χ0n) is 12.0. The predicted molar refractivity (Wildman–Crippen MR) is 90.2 cm³/mol. The summed E-state index contributed by atoms with van der Waals surface area (Å²) in [5, 5.41) is 10.7. The van der Waals surface area contributed by atoms with E-state index >= 15 is 0 Å². The number of rotatable bonds is 4. The lowest BCUT2D eigenvalue weighted by Gasteiger charge is -2.18. The summed E-state index contributed by atoms with van der Waals surface area (Å²) in [5.74, 6) is 1.23. The lowest BCUT2D eigenvalue weighted by atomic mass is 9.99. The van der Waals surface area contributed by atoms with Gasteiger partial charge in [0, 0.05) is 10.0 Å². The molecule has 0 heterocycles. The first kappa shape index (κ1) is 16.3. The van der Waals surface area contributed by atoms with Crippen LogP contribution in [0, 0.1) is 6.92 Å². The first-order valence-corrected chi connectivity index (χ1v) is 7.92. The Kier molecular flexibility index (Phi) is 5.30. The first-order chi connectivity index (χ1) is 9.97. The molecule has 0 bridgehead atoms. The molecule has 1 N–H and O–H groups in total. The molecule has 0 fully saturated rings. The highest BCUT2D eigenvalue weighted by atomic mass is 79.9. The van der Waals surface area contributed by atoms with Gasteiger partial charge in [0.1, 0.15) is 22.1 Å². The van der Waals surface area contributed by atoms with Crippen molar-refractivity contribution < 1.29 is 14.6 Å². The number of aliphatic hydroxyl groups is 1. The van der Waals surface area contributed by atoms with Crippen LogP contribution in [0.15, 0.2) is 39.3 Å². The van der Waals surface area contributed by atoms with Crippen LogP contribution in [0.2, 0.25) is 0 Å². The molecule has 0 saturated heterocycles. The van der Waals surface area contributed by atoms with Crippen LogP contribution in [0.4, 0.5) is 0 Å². The third-order valence-electron chi connectivity index (χ3n) is 3.19. The van der Waals surface area contributed by atoms with Crippen molar-refractivity contribution in [2.75, 3.05) is 14.2 Å². The second kappa shape index (κ2) is 6.81. The summed E-state index contributed by atoms with van der Waals surface area (Å²) >= 11 is 6.91. The van der Waals surface area contributed by atoms with E-state index in [1.165, 1.54) is 0 Å². The van der Waals surface area contributed by atoms with E-state index in [-0.39, 0.29) is 0 Å². The molecule has 5 heteroatoms. The number of methoxy groups -OCH3 is 2. The Balaban J connectivity index is 2.52. The van der Waals surface area contributed by atoms with Crippen LogP contribution in [0.3, 0.4) is 0 Å². The summed E-state index contributed by atoms with van der Waals surface area (Å²) in [7, 11) is 3.16. The number of benzene rings is 2. The van der Waals surface area contributed by atoms with Crippen molar-refractivity contribution in [2.24, 2.45) is 0 Å². The van der Waals surface area contributed by atoms with E-state index in [1.807, 2.05) is 31.2 Å². The van der Waals surface area contributed by atoms with E-state index in [1.54, 1.807) is 20.3 Å². The van der Waals surface area contributed by atoms with Crippen LogP contribution in [-0.4, -0.2) is 19.3 Å². The third-order valence-corrected chi connectivity index (χ3v) is 4.40. The predicted octanol–water partition coefficient (Wildman–Crippen LogP) is 4.62. The minimum atomic E-state index is -0.779. The van der Waals surface area contributed by atoms with Gasteiger partial charge >= 0.3 is 0 Å². The largest absolute Gasteiger partial charge is 0.495 e. The van der Waals surface area contributed by atoms with Gasteiger partial charge in [-0.3, -0.25) is 0 Å². The summed E-state index contributed by atoms with van der Waals surface area (Å²) in [6, 6.07) is 9.46. The number of hydrogen-bond donors (Lipinski definition) is 1. The van der Waals surface area contributed by atoms with Crippen LogP contribution in [0.25, 0.3) is 0 Å². The molecule has 21 heavy (non-hydrogen) atoms. The van der Waals surface area contributed by atoms with Crippen LogP contribution < -0.4 is 9.47 Å². The molecule has 0 radical (unpaired) electrons. The summed E-state index contributed by atoms with van der Waals surface area (Å²) < 4.78 is 12.3. The van der Waals surface area contributed by atoms with Crippen molar-refractivity contribution in [1.29, 1.82) is 0 Å². The molecule has 112 valence electrons. The van der Waals surface area contributed by atoms with Crippen LogP contribution >= 0.6 is 31.9 Å². The highest BCUT2D eigenvalue weighted by Crippen LogP contribution is 2.41. The molecule has 3 nitrogen and oxygen atoms in total. The van der Waals surface area contributed by atoms with E-state index in [0.717, 1.165) is 15.6 Å².